The molecular formula is C20H16FNO5S. The van der Waals surface area contributed by atoms with Gasteiger partial charge in [-0.2, -0.15) is 0 Å². The topological polar surface area (TPSA) is 83.9 Å². The van der Waals surface area contributed by atoms with Gasteiger partial charge in [0.2, 0.25) is 0 Å². The van der Waals surface area contributed by atoms with Crippen LogP contribution in [0.2, 0.25) is 0 Å². The number of aliphatic carboxylic acids is 1. The molecule has 1 N–H and O–H groups in total. The Bertz CT molecular complexity index is 975. The number of carbonyl (C=O) groups is 3. The van der Waals surface area contributed by atoms with Gasteiger partial charge >= 0.3 is 5.97 Å². The average molecular weight is 401 g/mol. The maximum atomic E-state index is 14.0. The molecule has 144 valence electrons. The number of carbonyl (C=O) groups excluding carboxylic acids is 2. The molecule has 8 heteroatoms. The van der Waals surface area contributed by atoms with Crippen molar-refractivity contribution < 1.29 is 28.6 Å². The number of imide groups is 1. The molecule has 2 amide bonds. The second-order valence-corrected chi connectivity index (χ2v) is 6.89. The zero-order chi connectivity index (χ0) is 20.3. The quantitative estimate of drug-likeness (QED) is 0.726. The minimum absolute atomic E-state index is 0.0993. The molecule has 1 aliphatic heterocycles. The first-order valence-corrected chi connectivity index (χ1v) is 9.24. The molecule has 3 rings (SSSR count). The molecular weight excluding hydrogens is 385 g/mol. The van der Waals surface area contributed by atoms with E-state index in [9.17, 15) is 18.8 Å². The van der Waals surface area contributed by atoms with Crippen LogP contribution in [-0.2, 0) is 9.59 Å². The second kappa shape index (κ2) is 8.26. The Balaban J connectivity index is 1.85. The number of carboxylic acids is 1. The molecule has 0 spiro atoms. The van der Waals surface area contributed by atoms with E-state index in [2.05, 4.69) is 0 Å². The fourth-order valence-corrected chi connectivity index (χ4v) is 3.44. The Kier molecular flexibility index (Phi) is 5.79. The summed E-state index contributed by atoms with van der Waals surface area (Å²) in [4.78, 5) is 36.9. The number of thioether (sulfide) groups is 1. The molecule has 0 radical (unpaired) electrons. The fourth-order valence-electron chi connectivity index (χ4n) is 2.61. The summed E-state index contributed by atoms with van der Waals surface area (Å²) in [6.45, 7) is 1.70. The summed E-state index contributed by atoms with van der Waals surface area (Å²) in [7, 11) is 0. The number of hydrogen-bond donors (Lipinski definition) is 1. The molecule has 1 fully saturated rings. The summed E-state index contributed by atoms with van der Waals surface area (Å²) in [6, 6.07) is 12.1. The highest BCUT2D eigenvalue weighted by atomic mass is 32.2. The van der Waals surface area contributed by atoms with E-state index in [4.69, 9.17) is 9.84 Å². The van der Waals surface area contributed by atoms with Crippen LogP contribution in [0, 0.1) is 5.82 Å². The Hall–Kier alpha value is -3.13. The molecule has 1 heterocycles. The first kappa shape index (κ1) is 19.6. The third kappa shape index (κ3) is 4.07. The molecule has 2 aromatic rings. The van der Waals surface area contributed by atoms with Gasteiger partial charge in [0, 0.05) is 0 Å². The van der Waals surface area contributed by atoms with Crippen molar-refractivity contribution in [3.05, 3.63) is 64.8 Å². The van der Waals surface area contributed by atoms with Gasteiger partial charge in [0.1, 0.15) is 11.6 Å². The van der Waals surface area contributed by atoms with Gasteiger partial charge in [-0.15, -0.1) is 0 Å². The fraction of sp³-hybridized carbons (Fsp3) is 0.150. The SMILES string of the molecule is CCC(Oc1cccc(/C=C2/SC(=O)N(c3ccccc3F)C2=O)c1)C(=O)O. The van der Waals surface area contributed by atoms with Crippen molar-refractivity contribution >= 4 is 40.6 Å². The van der Waals surface area contributed by atoms with Gasteiger partial charge in [-0.1, -0.05) is 31.2 Å². The minimum Gasteiger partial charge on any atom is -0.479 e. The normalized spacial score (nSPS) is 16.5. The van der Waals surface area contributed by atoms with Gasteiger partial charge in [0.05, 0.1) is 10.6 Å². The number of amides is 2. The lowest BCUT2D eigenvalue weighted by Crippen LogP contribution is -2.28. The molecule has 0 saturated carbocycles. The van der Waals surface area contributed by atoms with Crippen LogP contribution in [0.3, 0.4) is 0 Å². The van der Waals surface area contributed by atoms with Gasteiger partial charge in [-0.25, -0.2) is 14.1 Å². The molecule has 0 bridgehead atoms. The highest BCUT2D eigenvalue weighted by Gasteiger charge is 2.37. The average Bonchev–Trinajstić information content (AvgIpc) is 2.93. The van der Waals surface area contributed by atoms with Gasteiger partial charge in [0.15, 0.2) is 6.10 Å². The number of anilines is 1. The van der Waals surface area contributed by atoms with Crippen LogP contribution < -0.4 is 9.64 Å². The standard InChI is InChI=1S/C20H16FNO5S/c1-2-16(19(24)25)27-13-7-5-6-12(10-13)11-17-18(23)22(20(26)28-17)15-9-4-3-8-14(15)21/h3-11,16H,2H2,1H3,(H,24,25)/b17-11+. The number of nitrogens with zero attached hydrogens (tertiary/aromatic N) is 1. The van der Waals surface area contributed by atoms with Crippen molar-refractivity contribution in [1.82, 2.24) is 0 Å². The van der Waals surface area contributed by atoms with Gasteiger partial charge in [-0.3, -0.25) is 9.59 Å². The van der Waals surface area contributed by atoms with E-state index in [0.717, 1.165) is 4.90 Å². The number of ether oxygens (including phenoxy) is 1. The van der Waals surface area contributed by atoms with E-state index in [-0.39, 0.29) is 10.6 Å². The maximum absolute atomic E-state index is 14.0. The van der Waals surface area contributed by atoms with E-state index in [0.29, 0.717) is 29.5 Å². The number of halogens is 1. The van der Waals surface area contributed by atoms with Crippen molar-refractivity contribution in [3.8, 4) is 5.75 Å². The molecule has 1 unspecified atom stereocenters. The number of carboxylic acid groups (broad SMARTS) is 1. The summed E-state index contributed by atoms with van der Waals surface area (Å²) < 4.78 is 19.4. The van der Waals surface area contributed by atoms with Crippen LogP contribution in [0.4, 0.5) is 14.9 Å². The minimum atomic E-state index is -1.07. The highest BCUT2D eigenvalue weighted by molar-refractivity contribution is 8.19. The molecule has 1 aliphatic rings. The number of para-hydroxylation sites is 1. The summed E-state index contributed by atoms with van der Waals surface area (Å²) in [6.07, 6.45) is 0.796. The Labute approximate surface area is 164 Å². The Morgan fingerprint density at radius 3 is 2.68 bits per heavy atom. The Morgan fingerprint density at radius 2 is 2.00 bits per heavy atom. The first-order valence-electron chi connectivity index (χ1n) is 8.42. The molecule has 1 saturated heterocycles. The first-order chi connectivity index (χ1) is 13.4. The van der Waals surface area contributed by atoms with Crippen LogP contribution in [0.1, 0.15) is 18.9 Å². The largest absolute Gasteiger partial charge is 0.479 e. The number of benzene rings is 2. The van der Waals surface area contributed by atoms with Crippen molar-refractivity contribution in [2.75, 3.05) is 4.90 Å². The predicted molar refractivity (Wildman–Crippen MR) is 104 cm³/mol. The highest BCUT2D eigenvalue weighted by Crippen LogP contribution is 2.36. The number of hydrogen-bond acceptors (Lipinski definition) is 5. The summed E-state index contributed by atoms with van der Waals surface area (Å²) in [5.74, 6) is -2.03. The zero-order valence-corrected chi connectivity index (χ0v) is 15.6. The predicted octanol–water partition coefficient (Wildman–Crippen LogP) is 4.31. The van der Waals surface area contributed by atoms with E-state index in [1.165, 1.54) is 24.3 Å². The molecule has 0 aliphatic carbocycles. The van der Waals surface area contributed by atoms with Gasteiger partial charge in [0.25, 0.3) is 11.1 Å². The third-order valence-corrected chi connectivity index (χ3v) is 4.84. The maximum Gasteiger partial charge on any atom is 0.344 e. The molecule has 0 aromatic heterocycles. The Morgan fingerprint density at radius 1 is 1.25 bits per heavy atom. The molecule has 6 nitrogen and oxygen atoms in total. The smallest absolute Gasteiger partial charge is 0.344 e. The lowest BCUT2D eigenvalue weighted by molar-refractivity contribution is -0.145. The van der Waals surface area contributed by atoms with E-state index >= 15 is 0 Å². The lowest BCUT2D eigenvalue weighted by Gasteiger charge is -2.13. The van der Waals surface area contributed by atoms with Crippen molar-refractivity contribution in [2.24, 2.45) is 0 Å². The van der Waals surface area contributed by atoms with Gasteiger partial charge in [-0.05, 0) is 54.1 Å². The van der Waals surface area contributed by atoms with Gasteiger partial charge < -0.3 is 9.84 Å². The van der Waals surface area contributed by atoms with Crippen LogP contribution in [0.25, 0.3) is 6.08 Å². The van der Waals surface area contributed by atoms with Crippen LogP contribution in [0.15, 0.2) is 53.4 Å². The van der Waals surface area contributed by atoms with Crippen LogP contribution in [-0.4, -0.2) is 28.3 Å². The summed E-state index contributed by atoms with van der Waals surface area (Å²) in [5.41, 5.74) is 0.453. The van der Waals surface area contributed by atoms with E-state index in [1.54, 1.807) is 37.3 Å². The third-order valence-electron chi connectivity index (χ3n) is 3.97. The van der Waals surface area contributed by atoms with Crippen molar-refractivity contribution in [2.45, 2.75) is 19.4 Å². The molecule has 2 aromatic carbocycles. The van der Waals surface area contributed by atoms with Crippen molar-refractivity contribution in [3.63, 3.8) is 0 Å². The van der Waals surface area contributed by atoms with E-state index in [1.807, 2.05) is 0 Å². The second-order valence-electron chi connectivity index (χ2n) is 5.89. The zero-order valence-electron chi connectivity index (χ0n) is 14.8. The molecule has 1 atom stereocenters. The van der Waals surface area contributed by atoms with Crippen LogP contribution in [0.5, 0.6) is 5.75 Å². The van der Waals surface area contributed by atoms with Crippen LogP contribution >= 0.6 is 11.8 Å². The summed E-state index contributed by atoms with van der Waals surface area (Å²) >= 11 is 0.706. The summed E-state index contributed by atoms with van der Waals surface area (Å²) in [5, 5.41) is 8.51. The van der Waals surface area contributed by atoms with Crippen molar-refractivity contribution in [1.29, 1.82) is 0 Å². The molecule has 28 heavy (non-hydrogen) atoms. The number of rotatable bonds is 6. The lowest BCUT2D eigenvalue weighted by atomic mass is 10.2. The monoisotopic (exact) mass is 401 g/mol. The van der Waals surface area contributed by atoms with E-state index < -0.39 is 29.0 Å².